The van der Waals surface area contributed by atoms with Gasteiger partial charge in [0.05, 0.1) is 16.6 Å². The number of sulfonamides is 1. The number of halogens is 1. The van der Waals surface area contributed by atoms with Crippen molar-refractivity contribution in [2.45, 2.75) is 28.7 Å². The first-order chi connectivity index (χ1) is 14.0. The first-order valence-corrected chi connectivity index (χ1v) is 12.2. The maximum atomic E-state index is 12.6. The van der Waals surface area contributed by atoms with E-state index >= 15 is 0 Å². The lowest BCUT2D eigenvalue weighted by molar-refractivity contribution is 0.0951. The summed E-state index contributed by atoms with van der Waals surface area (Å²) in [7, 11) is -3.68. The van der Waals surface area contributed by atoms with E-state index in [0.717, 1.165) is 30.1 Å². The molecule has 1 atom stereocenters. The summed E-state index contributed by atoms with van der Waals surface area (Å²) < 4.78 is 32.6. The van der Waals surface area contributed by atoms with Crippen LogP contribution < -0.4 is 10.0 Å². The number of ether oxygens (including phenoxy) is 1. The first-order valence-electron chi connectivity index (χ1n) is 9.32. The van der Waals surface area contributed by atoms with E-state index in [0.29, 0.717) is 10.6 Å². The monoisotopic (exact) mass is 454 g/mol. The second-order valence-corrected chi connectivity index (χ2v) is 9.82. The SMILES string of the molecule is O=C(NCCNS(=O)(=O)c1cccc(Cl)c1)c1ccccc1SCC1CCCO1. The zero-order valence-electron chi connectivity index (χ0n) is 15.8. The van der Waals surface area contributed by atoms with E-state index in [2.05, 4.69) is 10.0 Å². The van der Waals surface area contributed by atoms with Crippen molar-refractivity contribution in [1.82, 2.24) is 10.0 Å². The Labute approximate surface area is 180 Å². The minimum atomic E-state index is -3.68. The smallest absolute Gasteiger partial charge is 0.252 e. The molecule has 1 aliphatic heterocycles. The third-order valence-corrected chi connectivity index (χ3v) is 7.29. The number of hydrogen-bond donors (Lipinski definition) is 2. The van der Waals surface area contributed by atoms with E-state index in [4.69, 9.17) is 16.3 Å². The summed E-state index contributed by atoms with van der Waals surface area (Å²) in [5.41, 5.74) is 0.577. The van der Waals surface area contributed by atoms with Gasteiger partial charge in [-0.05, 0) is 43.2 Å². The number of amides is 1. The summed E-state index contributed by atoms with van der Waals surface area (Å²) >= 11 is 7.45. The molecule has 3 rings (SSSR count). The molecule has 6 nitrogen and oxygen atoms in total. The highest BCUT2D eigenvalue weighted by Gasteiger charge is 2.18. The maximum Gasteiger partial charge on any atom is 0.252 e. The van der Waals surface area contributed by atoms with Crippen LogP contribution in [0.25, 0.3) is 0 Å². The molecule has 1 unspecified atom stereocenters. The number of thioether (sulfide) groups is 1. The normalized spacial score (nSPS) is 16.7. The molecule has 2 aromatic carbocycles. The van der Waals surface area contributed by atoms with Gasteiger partial charge in [-0.3, -0.25) is 4.79 Å². The third-order valence-electron chi connectivity index (χ3n) is 4.39. The summed E-state index contributed by atoms with van der Waals surface area (Å²) in [5, 5.41) is 3.11. The number of nitrogens with one attached hydrogen (secondary N) is 2. The van der Waals surface area contributed by atoms with Gasteiger partial charge >= 0.3 is 0 Å². The molecule has 1 amide bonds. The van der Waals surface area contributed by atoms with Crippen molar-refractivity contribution in [2.24, 2.45) is 0 Å². The Balaban J connectivity index is 1.50. The van der Waals surface area contributed by atoms with Gasteiger partial charge in [0.1, 0.15) is 0 Å². The Bertz CT molecular complexity index is 947. The van der Waals surface area contributed by atoms with Crippen molar-refractivity contribution in [3.63, 3.8) is 0 Å². The molecule has 0 radical (unpaired) electrons. The van der Waals surface area contributed by atoms with E-state index in [-0.39, 0.29) is 30.0 Å². The minimum absolute atomic E-state index is 0.0752. The van der Waals surface area contributed by atoms with Crippen LogP contribution in [0.3, 0.4) is 0 Å². The molecule has 0 aliphatic carbocycles. The fourth-order valence-electron chi connectivity index (χ4n) is 2.91. The summed E-state index contributed by atoms with van der Waals surface area (Å²) in [6.07, 6.45) is 2.36. The summed E-state index contributed by atoms with van der Waals surface area (Å²) in [6, 6.07) is 13.4. The Hall–Kier alpha value is -1.58. The van der Waals surface area contributed by atoms with Gasteiger partial charge in [-0.2, -0.15) is 0 Å². The lowest BCUT2D eigenvalue weighted by Gasteiger charge is -2.13. The van der Waals surface area contributed by atoms with Gasteiger partial charge in [0.15, 0.2) is 0 Å². The highest BCUT2D eigenvalue weighted by atomic mass is 35.5. The van der Waals surface area contributed by atoms with Gasteiger partial charge in [-0.15, -0.1) is 11.8 Å². The van der Waals surface area contributed by atoms with Gasteiger partial charge in [-0.25, -0.2) is 13.1 Å². The topological polar surface area (TPSA) is 84.5 Å². The van der Waals surface area contributed by atoms with E-state index < -0.39 is 10.0 Å². The molecule has 9 heteroatoms. The Morgan fingerprint density at radius 3 is 2.76 bits per heavy atom. The average molecular weight is 455 g/mol. The van der Waals surface area contributed by atoms with Crippen LogP contribution >= 0.6 is 23.4 Å². The zero-order chi connectivity index (χ0) is 20.7. The predicted octanol–water partition coefficient (Wildman–Crippen LogP) is 3.32. The van der Waals surface area contributed by atoms with Crippen molar-refractivity contribution >= 4 is 39.3 Å². The number of carbonyl (C=O) groups excluding carboxylic acids is 1. The van der Waals surface area contributed by atoms with Crippen LogP contribution in [0, 0.1) is 0 Å². The molecule has 1 aliphatic rings. The predicted molar refractivity (Wildman–Crippen MR) is 115 cm³/mol. The molecule has 2 aromatic rings. The fourth-order valence-corrected chi connectivity index (χ4v) is 5.36. The molecule has 0 bridgehead atoms. The molecule has 0 saturated carbocycles. The van der Waals surface area contributed by atoms with Crippen molar-refractivity contribution in [1.29, 1.82) is 0 Å². The average Bonchev–Trinajstić information content (AvgIpc) is 3.23. The van der Waals surface area contributed by atoms with Crippen molar-refractivity contribution in [3.05, 3.63) is 59.1 Å². The molecular formula is C20H23ClN2O4S2. The lowest BCUT2D eigenvalue weighted by Crippen LogP contribution is -2.34. The minimum Gasteiger partial charge on any atom is -0.377 e. The van der Waals surface area contributed by atoms with Gasteiger partial charge < -0.3 is 10.1 Å². The highest BCUT2D eigenvalue weighted by molar-refractivity contribution is 7.99. The quantitative estimate of drug-likeness (QED) is 0.448. The van der Waals surface area contributed by atoms with Crippen LogP contribution in [0.4, 0.5) is 0 Å². The molecule has 156 valence electrons. The third kappa shape index (κ3) is 6.45. The maximum absolute atomic E-state index is 12.6. The summed E-state index contributed by atoms with van der Waals surface area (Å²) in [4.78, 5) is 13.5. The van der Waals surface area contributed by atoms with Crippen LogP contribution in [-0.2, 0) is 14.8 Å². The Kier molecular flexibility index (Phi) is 7.97. The Morgan fingerprint density at radius 2 is 2.00 bits per heavy atom. The van der Waals surface area contributed by atoms with Crippen LogP contribution in [-0.4, -0.2) is 45.9 Å². The van der Waals surface area contributed by atoms with Crippen LogP contribution in [0.15, 0.2) is 58.3 Å². The van der Waals surface area contributed by atoms with Gasteiger partial charge in [0.25, 0.3) is 5.91 Å². The largest absolute Gasteiger partial charge is 0.377 e. The van der Waals surface area contributed by atoms with Gasteiger partial charge in [0, 0.05) is 35.4 Å². The molecule has 0 aromatic heterocycles. The summed E-state index contributed by atoms with van der Waals surface area (Å²) in [6.45, 7) is 1.05. The fraction of sp³-hybridized carbons (Fsp3) is 0.350. The van der Waals surface area contributed by atoms with Crippen molar-refractivity contribution in [2.75, 3.05) is 25.4 Å². The summed E-state index contributed by atoms with van der Waals surface area (Å²) in [5.74, 6) is 0.575. The molecule has 2 N–H and O–H groups in total. The lowest BCUT2D eigenvalue weighted by atomic mass is 10.2. The van der Waals surface area contributed by atoms with Crippen molar-refractivity contribution in [3.8, 4) is 0 Å². The number of benzene rings is 2. The first kappa shape index (κ1) is 22.1. The molecule has 1 saturated heterocycles. The standard InChI is InChI=1S/C20H23ClN2O4S2/c21-15-5-3-7-17(13-15)29(25,26)23-11-10-22-20(24)18-8-1-2-9-19(18)28-14-16-6-4-12-27-16/h1-3,5,7-9,13,16,23H,4,6,10-12,14H2,(H,22,24). The van der Waals surface area contributed by atoms with E-state index in [1.54, 1.807) is 30.0 Å². The van der Waals surface area contributed by atoms with Crippen molar-refractivity contribution < 1.29 is 17.9 Å². The number of rotatable bonds is 9. The van der Waals surface area contributed by atoms with Crippen LogP contribution in [0.2, 0.25) is 5.02 Å². The van der Waals surface area contributed by atoms with E-state index in [9.17, 15) is 13.2 Å². The zero-order valence-corrected chi connectivity index (χ0v) is 18.2. The van der Waals surface area contributed by atoms with E-state index in [1.807, 2.05) is 18.2 Å². The second kappa shape index (κ2) is 10.4. The second-order valence-electron chi connectivity index (χ2n) is 6.55. The van der Waals surface area contributed by atoms with Crippen LogP contribution in [0.5, 0.6) is 0 Å². The van der Waals surface area contributed by atoms with Gasteiger partial charge in [0.2, 0.25) is 10.0 Å². The van der Waals surface area contributed by atoms with E-state index in [1.165, 1.54) is 12.1 Å². The molecular weight excluding hydrogens is 432 g/mol. The highest BCUT2D eigenvalue weighted by Crippen LogP contribution is 2.26. The number of carbonyl (C=O) groups is 1. The van der Waals surface area contributed by atoms with Gasteiger partial charge in [-0.1, -0.05) is 29.8 Å². The number of hydrogen-bond acceptors (Lipinski definition) is 5. The molecule has 1 fully saturated rings. The molecule has 1 heterocycles. The molecule has 29 heavy (non-hydrogen) atoms. The Morgan fingerprint density at radius 1 is 1.17 bits per heavy atom. The molecule has 0 spiro atoms. The van der Waals surface area contributed by atoms with Crippen LogP contribution in [0.1, 0.15) is 23.2 Å².